The summed E-state index contributed by atoms with van der Waals surface area (Å²) in [5.74, 6) is 1.43. The van der Waals surface area contributed by atoms with E-state index in [1.165, 1.54) is 0 Å². The van der Waals surface area contributed by atoms with Crippen LogP contribution in [0.5, 0.6) is 17.2 Å². The van der Waals surface area contributed by atoms with Crippen LogP contribution in [-0.4, -0.2) is 79.6 Å². The maximum absolute atomic E-state index is 13.5. The van der Waals surface area contributed by atoms with Crippen molar-refractivity contribution in [2.45, 2.75) is 26.0 Å². The van der Waals surface area contributed by atoms with Crippen LogP contribution in [-0.2, 0) is 0 Å². The average molecular weight is 485 g/mol. The minimum Gasteiger partial charge on any atom is -0.488 e. The molecule has 10 nitrogen and oxygen atoms in total. The summed E-state index contributed by atoms with van der Waals surface area (Å²) in [5.41, 5.74) is 1.32. The smallest absolute Gasteiger partial charge is 0.323 e. The van der Waals surface area contributed by atoms with Crippen LogP contribution in [0.25, 0.3) is 0 Å². The molecule has 2 aliphatic heterocycles. The molecule has 188 valence electrons. The van der Waals surface area contributed by atoms with E-state index >= 15 is 0 Å². The summed E-state index contributed by atoms with van der Waals surface area (Å²) in [6, 6.07) is 9.30. The number of carbonyl (C=O) groups excluding carboxylic acids is 2. The Labute approximate surface area is 204 Å². The standard InChI is InChI=1S/C25H32N4O6/c1-15-11-29(16(2)13-30)24(31)19-9-17(5-7-20(19)35-23(15)12-28(3)4)26-25(32)27-18-6-8-21-22(10-18)34-14-33-21/h5-10,15-16,23,30H,11-14H2,1-4H3,(H2,26,27,32)/t15-,16+,23+/m1/s1. The quantitative estimate of drug-likeness (QED) is 0.578. The number of nitrogens with zero attached hydrogens (tertiary/aromatic N) is 2. The topological polar surface area (TPSA) is 113 Å². The molecule has 2 aliphatic rings. The number of anilines is 2. The molecular formula is C25H32N4O6. The molecule has 0 saturated heterocycles. The fourth-order valence-corrected chi connectivity index (χ4v) is 4.15. The van der Waals surface area contributed by atoms with E-state index in [0.717, 1.165) is 0 Å². The zero-order valence-corrected chi connectivity index (χ0v) is 20.4. The van der Waals surface area contributed by atoms with Gasteiger partial charge >= 0.3 is 6.03 Å². The number of hydrogen-bond acceptors (Lipinski definition) is 7. The van der Waals surface area contributed by atoms with Gasteiger partial charge in [-0.15, -0.1) is 0 Å². The zero-order chi connectivity index (χ0) is 25.1. The Morgan fingerprint density at radius 3 is 2.46 bits per heavy atom. The Hall–Kier alpha value is -3.50. The predicted octanol–water partition coefficient (Wildman–Crippen LogP) is 2.84. The summed E-state index contributed by atoms with van der Waals surface area (Å²) in [5, 5.41) is 15.3. The molecule has 3 atom stereocenters. The maximum Gasteiger partial charge on any atom is 0.323 e. The first-order valence-electron chi connectivity index (χ1n) is 11.6. The van der Waals surface area contributed by atoms with Gasteiger partial charge in [0.1, 0.15) is 11.9 Å². The van der Waals surface area contributed by atoms with Gasteiger partial charge in [0, 0.05) is 36.4 Å². The summed E-state index contributed by atoms with van der Waals surface area (Å²) in [4.78, 5) is 29.8. The Bertz CT molecular complexity index is 1090. The van der Waals surface area contributed by atoms with E-state index in [0.29, 0.717) is 47.3 Å². The fourth-order valence-electron chi connectivity index (χ4n) is 4.15. The molecule has 2 aromatic carbocycles. The summed E-state index contributed by atoms with van der Waals surface area (Å²) >= 11 is 0. The Morgan fingerprint density at radius 1 is 1.11 bits per heavy atom. The summed E-state index contributed by atoms with van der Waals surface area (Å²) < 4.78 is 16.9. The van der Waals surface area contributed by atoms with Crippen LogP contribution in [0.15, 0.2) is 36.4 Å². The molecule has 0 bridgehead atoms. The lowest BCUT2D eigenvalue weighted by Gasteiger charge is -2.37. The first-order valence-corrected chi connectivity index (χ1v) is 11.6. The number of carbonyl (C=O) groups is 2. The molecular weight excluding hydrogens is 452 g/mol. The third-order valence-electron chi connectivity index (χ3n) is 6.10. The Balaban J connectivity index is 1.56. The SMILES string of the molecule is C[C@@H]1CN([C@@H](C)CO)C(=O)c2cc(NC(=O)Nc3ccc4c(c3)OCO4)ccc2O[C@H]1CN(C)C. The van der Waals surface area contributed by atoms with E-state index in [1.807, 2.05) is 32.8 Å². The minimum absolute atomic E-state index is 0.0498. The van der Waals surface area contributed by atoms with Gasteiger partial charge in [0.05, 0.1) is 18.2 Å². The Morgan fingerprint density at radius 2 is 1.77 bits per heavy atom. The van der Waals surface area contributed by atoms with Crippen molar-refractivity contribution < 1.29 is 28.9 Å². The van der Waals surface area contributed by atoms with Gasteiger partial charge in [-0.05, 0) is 51.4 Å². The molecule has 10 heteroatoms. The van der Waals surface area contributed by atoms with Crippen molar-refractivity contribution in [3.8, 4) is 17.2 Å². The van der Waals surface area contributed by atoms with Crippen molar-refractivity contribution in [1.82, 2.24) is 9.80 Å². The van der Waals surface area contributed by atoms with Gasteiger partial charge in [-0.1, -0.05) is 6.92 Å². The van der Waals surface area contributed by atoms with Gasteiger partial charge in [-0.25, -0.2) is 4.79 Å². The van der Waals surface area contributed by atoms with Crippen LogP contribution < -0.4 is 24.8 Å². The van der Waals surface area contributed by atoms with Crippen molar-refractivity contribution in [3.05, 3.63) is 42.0 Å². The zero-order valence-electron chi connectivity index (χ0n) is 20.4. The highest BCUT2D eigenvalue weighted by molar-refractivity contribution is 6.02. The predicted molar refractivity (Wildman–Crippen MR) is 131 cm³/mol. The number of ether oxygens (including phenoxy) is 3. The van der Waals surface area contributed by atoms with Gasteiger partial charge in [0.2, 0.25) is 6.79 Å². The second kappa shape index (κ2) is 10.4. The molecule has 2 heterocycles. The van der Waals surface area contributed by atoms with E-state index in [1.54, 1.807) is 41.3 Å². The summed E-state index contributed by atoms with van der Waals surface area (Å²) in [6.07, 6.45) is -0.154. The number of aliphatic hydroxyl groups excluding tert-OH is 1. The van der Waals surface area contributed by atoms with Gasteiger partial charge in [-0.3, -0.25) is 4.79 Å². The third-order valence-corrected chi connectivity index (χ3v) is 6.10. The van der Waals surface area contributed by atoms with Crippen molar-refractivity contribution >= 4 is 23.3 Å². The molecule has 0 fully saturated rings. The number of likely N-dealkylation sites (N-methyl/N-ethyl adjacent to an activating group) is 1. The van der Waals surface area contributed by atoms with Crippen molar-refractivity contribution in [2.75, 3.05) is 51.2 Å². The lowest BCUT2D eigenvalue weighted by molar-refractivity contribution is 0.0363. The highest BCUT2D eigenvalue weighted by atomic mass is 16.7. The van der Waals surface area contributed by atoms with Crippen LogP contribution in [0.3, 0.4) is 0 Å². The van der Waals surface area contributed by atoms with Crippen molar-refractivity contribution in [1.29, 1.82) is 0 Å². The van der Waals surface area contributed by atoms with Crippen molar-refractivity contribution in [2.24, 2.45) is 5.92 Å². The average Bonchev–Trinajstić information content (AvgIpc) is 3.29. The van der Waals surface area contributed by atoms with Gasteiger partial charge in [0.25, 0.3) is 5.91 Å². The number of rotatable bonds is 6. The van der Waals surface area contributed by atoms with Crippen LogP contribution in [0, 0.1) is 5.92 Å². The Kier molecular flexibility index (Phi) is 7.32. The highest BCUT2D eigenvalue weighted by Crippen LogP contribution is 2.34. The molecule has 0 aromatic heterocycles. The van der Waals surface area contributed by atoms with Gasteiger partial charge in [-0.2, -0.15) is 0 Å². The molecule has 0 radical (unpaired) electrons. The number of hydrogen-bond donors (Lipinski definition) is 3. The lowest BCUT2D eigenvalue weighted by Crippen LogP contribution is -2.49. The van der Waals surface area contributed by atoms with Crippen LogP contribution in [0.4, 0.5) is 16.2 Å². The molecule has 3 N–H and O–H groups in total. The van der Waals surface area contributed by atoms with Crippen LogP contribution >= 0.6 is 0 Å². The number of aliphatic hydroxyl groups is 1. The van der Waals surface area contributed by atoms with E-state index in [2.05, 4.69) is 10.6 Å². The monoisotopic (exact) mass is 484 g/mol. The minimum atomic E-state index is -0.470. The molecule has 0 saturated carbocycles. The van der Waals surface area contributed by atoms with Crippen LogP contribution in [0.2, 0.25) is 0 Å². The lowest BCUT2D eigenvalue weighted by atomic mass is 9.99. The van der Waals surface area contributed by atoms with E-state index in [4.69, 9.17) is 14.2 Å². The number of urea groups is 1. The number of benzene rings is 2. The normalized spacial score (nSPS) is 19.9. The molecule has 0 unspecified atom stereocenters. The van der Waals surface area contributed by atoms with E-state index < -0.39 is 6.03 Å². The molecule has 0 spiro atoms. The van der Waals surface area contributed by atoms with E-state index in [9.17, 15) is 14.7 Å². The van der Waals surface area contributed by atoms with E-state index in [-0.39, 0.29) is 37.4 Å². The third kappa shape index (κ3) is 5.60. The molecule has 3 amide bonds. The summed E-state index contributed by atoms with van der Waals surface area (Å²) in [7, 11) is 3.95. The second-order valence-corrected chi connectivity index (χ2v) is 9.24. The molecule has 4 rings (SSSR count). The number of fused-ring (bicyclic) bond motifs is 2. The molecule has 2 aromatic rings. The van der Waals surface area contributed by atoms with Crippen molar-refractivity contribution in [3.63, 3.8) is 0 Å². The first-order chi connectivity index (χ1) is 16.7. The summed E-state index contributed by atoms with van der Waals surface area (Å²) in [6.45, 7) is 4.97. The van der Waals surface area contributed by atoms with Gasteiger partial charge in [0.15, 0.2) is 11.5 Å². The number of amides is 3. The number of nitrogens with one attached hydrogen (secondary N) is 2. The maximum atomic E-state index is 13.5. The van der Waals surface area contributed by atoms with Crippen LogP contribution in [0.1, 0.15) is 24.2 Å². The molecule has 0 aliphatic carbocycles. The fraction of sp³-hybridized carbons (Fsp3) is 0.440. The van der Waals surface area contributed by atoms with Gasteiger partial charge < -0.3 is 39.8 Å². The largest absolute Gasteiger partial charge is 0.488 e. The first kappa shape index (κ1) is 24.6. The molecule has 35 heavy (non-hydrogen) atoms. The second-order valence-electron chi connectivity index (χ2n) is 9.24. The highest BCUT2D eigenvalue weighted by Gasteiger charge is 2.33.